The van der Waals surface area contributed by atoms with Gasteiger partial charge in [-0.05, 0) is 42.9 Å². The number of nitrogens with one attached hydrogen (secondary N) is 1. The molecular formula is C14H13Cl2NO. The Kier molecular flexibility index (Phi) is 3.08. The second-order valence-corrected chi connectivity index (χ2v) is 5.91. The fraction of sp³-hybridized carbons (Fsp3) is 0.357. The highest BCUT2D eigenvalue weighted by molar-refractivity contribution is 6.35. The lowest BCUT2D eigenvalue weighted by Gasteiger charge is -2.17. The maximum Gasteiger partial charge on any atom is 0.228 e. The van der Waals surface area contributed by atoms with Gasteiger partial charge < -0.3 is 5.32 Å². The quantitative estimate of drug-likeness (QED) is 0.811. The minimum absolute atomic E-state index is 0.0742. The average molecular weight is 282 g/mol. The third kappa shape index (κ3) is 2.27. The van der Waals surface area contributed by atoms with Crippen molar-refractivity contribution >= 4 is 34.8 Å². The molecule has 1 N–H and O–H groups in total. The van der Waals surface area contributed by atoms with Gasteiger partial charge >= 0.3 is 0 Å². The minimum atomic E-state index is 0.0742. The number of allylic oxidation sites excluding steroid dienone is 2. The Morgan fingerprint density at radius 1 is 1.11 bits per heavy atom. The smallest absolute Gasteiger partial charge is 0.228 e. The molecule has 0 spiro atoms. The van der Waals surface area contributed by atoms with Crippen LogP contribution in [0, 0.1) is 17.8 Å². The van der Waals surface area contributed by atoms with Crippen LogP contribution in [0.25, 0.3) is 0 Å². The molecule has 3 rings (SSSR count). The molecule has 1 aromatic carbocycles. The molecule has 1 fully saturated rings. The normalized spacial score (nSPS) is 28.7. The summed E-state index contributed by atoms with van der Waals surface area (Å²) in [6, 6.07) is 5.09. The van der Waals surface area contributed by atoms with E-state index >= 15 is 0 Å². The predicted octanol–water partition coefficient (Wildman–Crippen LogP) is 4.14. The van der Waals surface area contributed by atoms with Crippen molar-refractivity contribution in [2.45, 2.75) is 12.8 Å². The molecule has 2 aliphatic rings. The van der Waals surface area contributed by atoms with Crippen molar-refractivity contribution < 1.29 is 4.79 Å². The van der Waals surface area contributed by atoms with Crippen LogP contribution in [0.15, 0.2) is 30.4 Å². The van der Waals surface area contributed by atoms with Gasteiger partial charge in [-0.15, -0.1) is 0 Å². The molecule has 0 saturated heterocycles. The average Bonchev–Trinajstić information content (AvgIpc) is 2.88. The third-order valence-electron chi connectivity index (χ3n) is 3.75. The Hall–Kier alpha value is -0.990. The lowest BCUT2D eigenvalue weighted by molar-refractivity contribution is -0.120. The molecule has 2 bridgehead atoms. The predicted molar refractivity (Wildman–Crippen MR) is 73.9 cm³/mol. The van der Waals surface area contributed by atoms with E-state index in [0.29, 0.717) is 27.6 Å². The van der Waals surface area contributed by atoms with E-state index in [-0.39, 0.29) is 11.8 Å². The molecule has 0 heterocycles. The molecule has 2 nitrogen and oxygen atoms in total. The fourth-order valence-electron chi connectivity index (χ4n) is 2.94. The standard InChI is InChI=1S/C14H13Cl2NO/c15-10-5-11(16)7-12(6-10)17-14(18)13-4-8-1-2-9(13)3-8/h1-2,5-9,13H,3-4H2,(H,17,18). The molecule has 18 heavy (non-hydrogen) atoms. The molecule has 0 aromatic heterocycles. The summed E-state index contributed by atoms with van der Waals surface area (Å²) >= 11 is 11.8. The summed E-state index contributed by atoms with van der Waals surface area (Å²) in [6.45, 7) is 0. The zero-order valence-corrected chi connectivity index (χ0v) is 11.2. The van der Waals surface area contributed by atoms with Crippen LogP contribution in [0.5, 0.6) is 0 Å². The number of rotatable bonds is 2. The molecule has 1 saturated carbocycles. The number of fused-ring (bicyclic) bond motifs is 2. The van der Waals surface area contributed by atoms with Gasteiger partial charge in [0.2, 0.25) is 5.91 Å². The van der Waals surface area contributed by atoms with Gasteiger partial charge in [-0.1, -0.05) is 35.4 Å². The molecule has 1 amide bonds. The zero-order valence-electron chi connectivity index (χ0n) is 9.70. The molecule has 3 atom stereocenters. The minimum Gasteiger partial charge on any atom is -0.326 e. The summed E-state index contributed by atoms with van der Waals surface area (Å²) in [6.07, 6.45) is 6.48. The van der Waals surface area contributed by atoms with E-state index in [2.05, 4.69) is 17.5 Å². The first kappa shape index (κ1) is 12.1. The van der Waals surface area contributed by atoms with E-state index in [0.717, 1.165) is 12.8 Å². The number of carbonyl (C=O) groups excluding carboxylic acids is 1. The van der Waals surface area contributed by atoms with Crippen molar-refractivity contribution in [3.8, 4) is 0 Å². The van der Waals surface area contributed by atoms with Crippen LogP contribution >= 0.6 is 23.2 Å². The van der Waals surface area contributed by atoms with Crippen LogP contribution in [-0.4, -0.2) is 5.91 Å². The lowest BCUT2D eigenvalue weighted by atomic mass is 9.93. The first-order chi connectivity index (χ1) is 8.61. The highest BCUT2D eigenvalue weighted by Crippen LogP contribution is 2.43. The number of amides is 1. The monoisotopic (exact) mass is 281 g/mol. The molecule has 0 aliphatic heterocycles. The van der Waals surface area contributed by atoms with E-state index < -0.39 is 0 Å². The molecule has 4 heteroatoms. The van der Waals surface area contributed by atoms with E-state index in [4.69, 9.17) is 23.2 Å². The number of hydrogen-bond acceptors (Lipinski definition) is 1. The van der Waals surface area contributed by atoms with Crippen molar-refractivity contribution in [3.05, 3.63) is 40.4 Å². The van der Waals surface area contributed by atoms with Crippen LogP contribution in [0.1, 0.15) is 12.8 Å². The zero-order chi connectivity index (χ0) is 12.7. The SMILES string of the molecule is O=C(Nc1cc(Cl)cc(Cl)c1)C1CC2C=CC1C2. The van der Waals surface area contributed by atoms with E-state index in [1.54, 1.807) is 18.2 Å². The number of anilines is 1. The maximum absolute atomic E-state index is 12.2. The van der Waals surface area contributed by atoms with Gasteiger partial charge in [0.15, 0.2) is 0 Å². The van der Waals surface area contributed by atoms with E-state index in [1.165, 1.54) is 0 Å². The van der Waals surface area contributed by atoms with Gasteiger partial charge in [0, 0.05) is 21.7 Å². The number of hydrogen-bond donors (Lipinski definition) is 1. The Balaban J connectivity index is 1.73. The third-order valence-corrected chi connectivity index (χ3v) is 4.18. The van der Waals surface area contributed by atoms with Gasteiger partial charge in [-0.25, -0.2) is 0 Å². The van der Waals surface area contributed by atoms with Gasteiger partial charge in [-0.2, -0.15) is 0 Å². The highest BCUT2D eigenvalue weighted by Gasteiger charge is 2.39. The Bertz CT molecular complexity index is 506. The van der Waals surface area contributed by atoms with Gasteiger partial charge in [0.05, 0.1) is 0 Å². The van der Waals surface area contributed by atoms with Crippen LogP contribution in [0.4, 0.5) is 5.69 Å². The van der Waals surface area contributed by atoms with E-state index in [9.17, 15) is 4.79 Å². The first-order valence-electron chi connectivity index (χ1n) is 6.07. The van der Waals surface area contributed by atoms with Crippen LogP contribution < -0.4 is 5.32 Å². The van der Waals surface area contributed by atoms with Crippen molar-refractivity contribution in [3.63, 3.8) is 0 Å². The number of benzene rings is 1. The molecule has 0 radical (unpaired) electrons. The molecule has 94 valence electrons. The summed E-state index contributed by atoms with van der Waals surface area (Å²) in [5, 5.41) is 3.97. The van der Waals surface area contributed by atoms with Crippen LogP contribution in [0.2, 0.25) is 10.0 Å². The second-order valence-electron chi connectivity index (χ2n) is 5.03. The Morgan fingerprint density at radius 2 is 1.83 bits per heavy atom. The topological polar surface area (TPSA) is 29.1 Å². The lowest BCUT2D eigenvalue weighted by Crippen LogP contribution is -2.25. The van der Waals surface area contributed by atoms with Gasteiger partial charge in [-0.3, -0.25) is 4.79 Å². The second kappa shape index (κ2) is 4.60. The summed E-state index contributed by atoms with van der Waals surface area (Å²) in [5.74, 6) is 1.17. The number of carbonyl (C=O) groups is 1. The summed E-state index contributed by atoms with van der Waals surface area (Å²) in [4.78, 5) is 12.2. The highest BCUT2D eigenvalue weighted by atomic mass is 35.5. The summed E-state index contributed by atoms with van der Waals surface area (Å²) in [7, 11) is 0. The first-order valence-corrected chi connectivity index (χ1v) is 6.83. The summed E-state index contributed by atoms with van der Waals surface area (Å²) in [5.41, 5.74) is 0.671. The van der Waals surface area contributed by atoms with Gasteiger partial charge in [0.25, 0.3) is 0 Å². The maximum atomic E-state index is 12.2. The fourth-order valence-corrected chi connectivity index (χ4v) is 3.47. The molecule has 3 unspecified atom stereocenters. The van der Waals surface area contributed by atoms with Crippen molar-refractivity contribution in [1.82, 2.24) is 0 Å². The summed E-state index contributed by atoms with van der Waals surface area (Å²) < 4.78 is 0. The van der Waals surface area contributed by atoms with Crippen LogP contribution in [0.3, 0.4) is 0 Å². The van der Waals surface area contributed by atoms with Crippen molar-refractivity contribution in [2.75, 3.05) is 5.32 Å². The molecular weight excluding hydrogens is 269 g/mol. The van der Waals surface area contributed by atoms with E-state index in [1.807, 2.05) is 0 Å². The molecule has 2 aliphatic carbocycles. The Labute approximate surface area is 116 Å². The van der Waals surface area contributed by atoms with Gasteiger partial charge in [0.1, 0.15) is 0 Å². The molecule has 1 aromatic rings. The number of halogens is 2. The van der Waals surface area contributed by atoms with Crippen LogP contribution in [-0.2, 0) is 4.79 Å². The largest absolute Gasteiger partial charge is 0.326 e. The van der Waals surface area contributed by atoms with Crippen molar-refractivity contribution in [2.24, 2.45) is 17.8 Å². The van der Waals surface area contributed by atoms with Crippen molar-refractivity contribution in [1.29, 1.82) is 0 Å². The Morgan fingerprint density at radius 3 is 2.39 bits per heavy atom.